The molecule has 2 rings (SSSR count). The normalized spacial score (nSPS) is 12.6. The van der Waals surface area contributed by atoms with Crippen molar-refractivity contribution in [2.75, 3.05) is 6.54 Å². The summed E-state index contributed by atoms with van der Waals surface area (Å²) in [6, 6.07) is 5.38. The standard InChI is InChI=1S/C16H21BrFN3/c1-3-7-19-15(11-16-20-8-9-21(16)4-2)12-5-6-13(17)14(18)10-12/h5-6,8-10,15,19H,3-4,7,11H2,1-2H3. The fourth-order valence-electron chi connectivity index (χ4n) is 2.36. The van der Waals surface area contributed by atoms with Crippen LogP contribution < -0.4 is 5.32 Å². The fraction of sp³-hybridized carbons (Fsp3) is 0.438. The van der Waals surface area contributed by atoms with Crippen LogP contribution >= 0.6 is 15.9 Å². The van der Waals surface area contributed by atoms with Gasteiger partial charge in [-0.3, -0.25) is 0 Å². The van der Waals surface area contributed by atoms with Crippen molar-refractivity contribution >= 4 is 15.9 Å². The zero-order valence-corrected chi connectivity index (χ0v) is 14.0. The van der Waals surface area contributed by atoms with Gasteiger partial charge in [0, 0.05) is 31.4 Å². The molecule has 1 aromatic heterocycles. The first-order chi connectivity index (χ1) is 10.2. The first-order valence-electron chi connectivity index (χ1n) is 7.34. The van der Waals surface area contributed by atoms with Gasteiger partial charge in [0.05, 0.1) is 4.47 Å². The number of hydrogen-bond acceptors (Lipinski definition) is 2. The maximum Gasteiger partial charge on any atom is 0.137 e. The molecule has 0 saturated carbocycles. The summed E-state index contributed by atoms with van der Waals surface area (Å²) in [4.78, 5) is 4.42. The minimum atomic E-state index is -0.227. The monoisotopic (exact) mass is 353 g/mol. The van der Waals surface area contributed by atoms with Crippen LogP contribution in [0, 0.1) is 5.82 Å². The Morgan fingerprint density at radius 2 is 2.19 bits per heavy atom. The highest BCUT2D eigenvalue weighted by Crippen LogP contribution is 2.23. The van der Waals surface area contributed by atoms with Gasteiger partial charge in [-0.05, 0) is 53.5 Å². The lowest BCUT2D eigenvalue weighted by Gasteiger charge is -2.19. The van der Waals surface area contributed by atoms with E-state index in [1.807, 2.05) is 18.5 Å². The third kappa shape index (κ3) is 4.14. The SMILES string of the molecule is CCCNC(Cc1nccn1CC)c1ccc(Br)c(F)c1. The van der Waals surface area contributed by atoms with Crippen molar-refractivity contribution in [3.05, 3.63) is 52.3 Å². The number of nitrogens with zero attached hydrogens (tertiary/aromatic N) is 2. The first kappa shape index (κ1) is 16.2. The second kappa shape index (κ2) is 7.71. The van der Waals surface area contributed by atoms with Gasteiger partial charge in [0.1, 0.15) is 11.6 Å². The van der Waals surface area contributed by atoms with Gasteiger partial charge in [-0.25, -0.2) is 9.37 Å². The van der Waals surface area contributed by atoms with E-state index in [4.69, 9.17) is 0 Å². The highest BCUT2D eigenvalue weighted by atomic mass is 79.9. The van der Waals surface area contributed by atoms with Crippen LogP contribution in [0.3, 0.4) is 0 Å². The molecule has 0 saturated heterocycles. The topological polar surface area (TPSA) is 29.9 Å². The average molecular weight is 354 g/mol. The maximum absolute atomic E-state index is 13.8. The largest absolute Gasteiger partial charge is 0.335 e. The second-order valence-electron chi connectivity index (χ2n) is 5.01. The van der Waals surface area contributed by atoms with Gasteiger partial charge in [0.15, 0.2) is 0 Å². The molecule has 0 amide bonds. The van der Waals surface area contributed by atoms with Crippen molar-refractivity contribution in [2.45, 2.75) is 39.3 Å². The molecule has 1 unspecified atom stereocenters. The summed E-state index contributed by atoms with van der Waals surface area (Å²) in [5.41, 5.74) is 0.954. The minimum absolute atomic E-state index is 0.0697. The van der Waals surface area contributed by atoms with Crippen LogP contribution in [0.25, 0.3) is 0 Å². The molecule has 1 atom stereocenters. The van der Waals surface area contributed by atoms with E-state index in [1.54, 1.807) is 12.1 Å². The molecule has 0 aliphatic carbocycles. The quantitative estimate of drug-likeness (QED) is 0.812. The van der Waals surface area contributed by atoms with Gasteiger partial charge in [0.25, 0.3) is 0 Å². The highest BCUT2D eigenvalue weighted by Gasteiger charge is 2.16. The molecule has 1 heterocycles. The number of rotatable bonds is 7. The Labute approximate surface area is 133 Å². The summed E-state index contributed by atoms with van der Waals surface area (Å²) >= 11 is 3.20. The van der Waals surface area contributed by atoms with E-state index in [-0.39, 0.29) is 11.9 Å². The molecule has 3 nitrogen and oxygen atoms in total. The van der Waals surface area contributed by atoms with Gasteiger partial charge in [0.2, 0.25) is 0 Å². The van der Waals surface area contributed by atoms with E-state index >= 15 is 0 Å². The Kier molecular flexibility index (Phi) is 5.94. The van der Waals surface area contributed by atoms with Crippen LogP contribution in [0.4, 0.5) is 4.39 Å². The van der Waals surface area contributed by atoms with Crippen LogP contribution in [-0.4, -0.2) is 16.1 Å². The maximum atomic E-state index is 13.8. The summed E-state index contributed by atoms with van der Waals surface area (Å²) in [5.74, 6) is 0.795. The zero-order chi connectivity index (χ0) is 15.2. The van der Waals surface area contributed by atoms with E-state index in [0.717, 1.165) is 37.3 Å². The van der Waals surface area contributed by atoms with Crippen molar-refractivity contribution in [1.82, 2.24) is 14.9 Å². The molecule has 0 radical (unpaired) electrons. The van der Waals surface area contributed by atoms with Crippen molar-refractivity contribution in [2.24, 2.45) is 0 Å². The molecule has 1 aromatic carbocycles. The van der Waals surface area contributed by atoms with Gasteiger partial charge >= 0.3 is 0 Å². The summed E-state index contributed by atoms with van der Waals surface area (Å²) in [6.07, 6.45) is 5.59. The Morgan fingerprint density at radius 1 is 1.38 bits per heavy atom. The Bertz CT molecular complexity index is 583. The predicted octanol–water partition coefficient (Wildman–Crippen LogP) is 4.09. The van der Waals surface area contributed by atoms with Gasteiger partial charge in [-0.2, -0.15) is 0 Å². The van der Waals surface area contributed by atoms with Crippen LogP contribution in [-0.2, 0) is 13.0 Å². The molecule has 0 spiro atoms. The molecule has 21 heavy (non-hydrogen) atoms. The molecule has 0 aliphatic heterocycles. The Balaban J connectivity index is 2.23. The molecular formula is C16H21BrFN3. The molecule has 0 aliphatic rings. The Hall–Kier alpha value is -1.20. The number of benzene rings is 1. The zero-order valence-electron chi connectivity index (χ0n) is 12.4. The van der Waals surface area contributed by atoms with Gasteiger partial charge in [-0.15, -0.1) is 0 Å². The number of aryl methyl sites for hydroxylation is 1. The molecule has 5 heteroatoms. The van der Waals surface area contributed by atoms with Gasteiger partial charge < -0.3 is 9.88 Å². The van der Waals surface area contributed by atoms with E-state index in [0.29, 0.717) is 4.47 Å². The van der Waals surface area contributed by atoms with Crippen LogP contribution in [0.1, 0.15) is 37.7 Å². The Morgan fingerprint density at radius 3 is 2.86 bits per heavy atom. The predicted molar refractivity (Wildman–Crippen MR) is 86.7 cm³/mol. The van der Waals surface area contributed by atoms with Gasteiger partial charge in [-0.1, -0.05) is 13.0 Å². The number of imidazole rings is 1. The molecule has 0 fully saturated rings. The van der Waals surface area contributed by atoms with Crippen molar-refractivity contribution < 1.29 is 4.39 Å². The first-order valence-corrected chi connectivity index (χ1v) is 8.13. The average Bonchev–Trinajstić information content (AvgIpc) is 2.93. The number of aromatic nitrogens is 2. The van der Waals surface area contributed by atoms with Crippen LogP contribution in [0.5, 0.6) is 0 Å². The lowest BCUT2D eigenvalue weighted by molar-refractivity contribution is 0.502. The van der Waals surface area contributed by atoms with E-state index < -0.39 is 0 Å². The summed E-state index contributed by atoms with van der Waals surface area (Å²) in [7, 11) is 0. The molecular weight excluding hydrogens is 333 g/mol. The smallest absolute Gasteiger partial charge is 0.137 e. The van der Waals surface area contributed by atoms with E-state index in [1.165, 1.54) is 0 Å². The minimum Gasteiger partial charge on any atom is -0.335 e. The summed E-state index contributed by atoms with van der Waals surface area (Å²) < 4.78 is 16.4. The van der Waals surface area contributed by atoms with Crippen molar-refractivity contribution in [3.63, 3.8) is 0 Å². The number of hydrogen-bond donors (Lipinski definition) is 1. The third-order valence-electron chi connectivity index (χ3n) is 3.52. The molecule has 114 valence electrons. The molecule has 0 bridgehead atoms. The lowest BCUT2D eigenvalue weighted by atomic mass is 10.0. The van der Waals surface area contributed by atoms with Crippen LogP contribution in [0.15, 0.2) is 35.1 Å². The molecule has 1 N–H and O–H groups in total. The van der Waals surface area contributed by atoms with Crippen LogP contribution in [0.2, 0.25) is 0 Å². The number of nitrogens with one attached hydrogen (secondary N) is 1. The lowest BCUT2D eigenvalue weighted by Crippen LogP contribution is -2.25. The molecule has 2 aromatic rings. The highest BCUT2D eigenvalue weighted by molar-refractivity contribution is 9.10. The summed E-state index contributed by atoms with van der Waals surface area (Å²) in [6.45, 7) is 6.01. The van der Waals surface area contributed by atoms with E-state index in [2.05, 4.69) is 44.6 Å². The third-order valence-corrected chi connectivity index (χ3v) is 4.16. The fourth-order valence-corrected chi connectivity index (χ4v) is 2.60. The summed E-state index contributed by atoms with van der Waals surface area (Å²) in [5, 5.41) is 3.49. The van der Waals surface area contributed by atoms with Crippen molar-refractivity contribution in [1.29, 1.82) is 0 Å². The second-order valence-corrected chi connectivity index (χ2v) is 5.87. The van der Waals surface area contributed by atoms with E-state index in [9.17, 15) is 4.39 Å². The van der Waals surface area contributed by atoms with Crippen molar-refractivity contribution in [3.8, 4) is 0 Å². The number of halogens is 2.